The largest absolute Gasteiger partial charge is 0.496 e. The van der Waals surface area contributed by atoms with Crippen molar-refractivity contribution in [3.05, 3.63) is 35.2 Å². The zero-order valence-electron chi connectivity index (χ0n) is 24.8. The molecule has 224 valence electrons. The Morgan fingerprint density at radius 1 is 1.07 bits per heavy atom. The van der Waals surface area contributed by atoms with Gasteiger partial charge in [-0.05, 0) is 83.3 Å². The number of methoxy groups -OCH3 is 1. The number of hydrogen-bond acceptors (Lipinski definition) is 9. The van der Waals surface area contributed by atoms with E-state index in [4.69, 9.17) is 20.2 Å². The Hall–Kier alpha value is -3.60. The number of aryl methyl sites for hydroxylation is 1. The molecule has 2 aromatic rings. The fraction of sp³-hybridized carbons (Fsp3) is 0.600. The lowest BCUT2D eigenvalue weighted by Crippen LogP contribution is -2.41. The molecule has 2 heterocycles. The number of rotatable bonds is 8. The van der Waals surface area contributed by atoms with E-state index in [1.54, 1.807) is 12.0 Å². The molecule has 11 nitrogen and oxygen atoms in total. The average Bonchev–Trinajstić information content (AvgIpc) is 2.93. The predicted molar refractivity (Wildman–Crippen MR) is 158 cm³/mol. The van der Waals surface area contributed by atoms with Crippen LogP contribution in [0.2, 0.25) is 0 Å². The van der Waals surface area contributed by atoms with Crippen molar-refractivity contribution in [2.75, 3.05) is 30.8 Å². The van der Waals surface area contributed by atoms with Crippen LogP contribution < -0.4 is 21.1 Å². The SMILES string of the molecule is CCc1nc(C(N)=O)c(Nc2ccc(C3CCN(C(=O)OC(C)(C)C)CC3)c(OC)c2)nc1N[C@H]1CC[C@H](O)CC1. The normalized spacial score (nSPS) is 19.9. The summed E-state index contributed by atoms with van der Waals surface area (Å²) in [7, 11) is 1.63. The number of anilines is 3. The molecule has 11 heteroatoms. The smallest absolute Gasteiger partial charge is 0.410 e. The van der Waals surface area contributed by atoms with Crippen LogP contribution in [0.5, 0.6) is 5.75 Å². The van der Waals surface area contributed by atoms with Crippen molar-refractivity contribution < 1.29 is 24.2 Å². The number of carbonyl (C=O) groups excluding carboxylic acids is 2. The fourth-order valence-electron chi connectivity index (χ4n) is 5.47. The second kappa shape index (κ2) is 12.9. The second-order valence-electron chi connectivity index (χ2n) is 11.9. The minimum Gasteiger partial charge on any atom is -0.496 e. The number of aromatic nitrogens is 2. The number of piperidine rings is 1. The summed E-state index contributed by atoms with van der Waals surface area (Å²) in [6.07, 6.45) is 4.79. The highest BCUT2D eigenvalue weighted by Crippen LogP contribution is 2.37. The number of ether oxygens (including phenoxy) is 2. The maximum atomic E-state index is 12.5. The molecule has 0 spiro atoms. The van der Waals surface area contributed by atoms with E-state index in [0.29, 0.717) is 42.5 Å². The number of nitrogens with two attached hydrogens (primary N) is 1. The molecule has 1 aromatic carbocycles. The van der Waals surface area contributed by atoms with E-state index in [-0.39, 0.29) is 35.7 Å². The van der Waals surface area contributed by atoms with E-state index in [9.17, 15) is 14.7 Å². The van der Waals surface area contributed by atoms with Gasteiger partial charge in [-0.2, -0.15) is 0 Å². The molecule has 0 atom stereocenters. The lowest BCUT2D eigenvalue weighted by molar-refractivity contribution is 0.0204. The van der Waals surface area contributed by atoms with Gasteiger partial charge in [-0.15, -0.1) is 0 Å². The summed E-state index contributed by atoms with van der Waals surface area (Å²) in [5.41, 5.74) is 7.66. The van der Waals surface area contributed by atoms with E-state index < -0.39 is 11.5 Å². The molecule has 0 unspecified atom stereocenters. The van der Waals surface area contributed by atoms with Crippen LogP contribution in [-0.2, 0) is 11.2 Å². The first-order valence-electron chi connectivity index (χ1n) is 14.6. The number of nitrogens with zero attached hydrogens (tertiary/aromatic N) is 3. The Morgan fingerprint density at radius 3 is 2.34 bits per heavy atom. The lowest BCUT2D eigenvalue weighted by Gasteiger charge is -2.34. The molecule has 1 aromatic heterocycles. The van der Waals surface area contributed by atoms with E-state index >= 15 is 0 Å². The molecule has 5 N–H and O–H groups in total. The predicted octanol–water partition coefficient (Wildman–Crippen LogP) is 4.72. The third-order valence-corrected chi connectivity index (χ3v) is 7.66. The summed E-state index contributed by atoms with van der Waals surface area (Å²) in [6, 6.07) is 5.99. The summed E-state index contributed by atoms with van der Waals surface area (Å²) in [5, 5.41) is 16.6. The third-order valence-electron chi connectivity index (χ3n) is 7.66. The van der Waals surface area contributed by atoms with Crippen LogP contribution in [0.1, 0.15) is 93.9 Å². The first-order valence-corrected chi connectivity index (χ1v) is 14.6. The Labute approximate surface area is 242 Å². The van der Waals surface area contributed by atoms with Crippen LogP contribution in [-0.4, -0.2) is 69.9 Å². The van der Waals surface area contributed by atoms with Gasteiger partial charge in [0, 0.05) is 30.9 Å². The number of amides is 2. The van der Waals surface area contributed by atoms with E-state index in [2.05, 4.69) is 15.6 Å². The van der Waals surface area contributed by atoms with Crippen molar-refractivity contribution in [1.29, 1.82) is 0 Å². The van der Waals surface area contributed by atoms with Crippen molar-refractivity contribution in [2.45, 2.75) is 96.3 Å². The minimum absolute atomic E-state index is 0.0732. The van der Waals surface area contributed by atoms with E-state index in [1.165, 1.54) is 0 Å². The monoisotopic (exact) mass is 568 g/mol. The van der Waals surface area contributed by atoms with E-state index in [1.807, 2.05) is 45.9 Å². The molecule has 41 heavy (non-hydrogen) atoms. The minimum atomic E-state index is -0.664. The van der Waals surface area contributed by atoms with Crippen LogP contribution in [0.25, 0.3) is 0 Å². The van der Waals surface area contributed by atoms with Gasteiger partial charge in [-0.25, -0.2) is 14.8 Å². The van der Waals surface area contributed by atoms with Crippen molar-refractivity contribution in [3.8, 4) is 5.75 Å². The number of aliphatic hydroxyl groups is 1. The molecule has 1 saturated carbocycles. The summed E-state index contributed by atoms with van der Waals surface area (Å²) >= 11 is 0. The Bertz CT molecular complexity index is 1230. The van der Waals surface area contributed by atoms with Gasteiger partial charge in [0.1, 0.15) is 17.2 Å². The van der Waals surface area contributed by atoms with Crippen molar-refractivity contribution in [3.63, 3.8) is 0 Å². The third kappa shape index (κ3) is 7.78. The summed E-state index contributed by atoms with van der Waals surface area (Å²) < 4.78 is 11.3. The van der Waals surface area contributed by atoms with Gasteiger partial charge in [0.15, 0.2) is 11.5 Å². The molecule has 0 radical (unpaired) electrons. The Kier molecular flexibility index (Phi) is 9.57. The van der Waals surface area contributed by atoms with Gasteiger partial charge in [0.2, 0.25) is 0 Å². The Morgan fingerprint density at radius 2 is 1.76 bits per heavy atom. The van der Waals surface area contributed by atoms with Gasteiger partial charge in [-0.1, -0.05) is 13.0 Å². The molecule has 2 fully saturated rings. The standard InChI is InChI=1S/C30H44N6O5/c1-6-23-27(32-19-7-10-21(37)11-8-19)35-28(25(34-23)26(31)38)33-20-9-12-22(24(17-20)40-5)18-13-15-36(16-14-18)29(39)41-30(2,3)4/h9,12,17-19,21,37H,6-8,10-11,13-16H2,1-5H3,(H2,31,38)(H2,32,33,35)/t19-,21-. The zero-order chi connectivity index (χ0) is 29.7. The molecule has 2 amide bonds. The fourth-order valence-corrected chi connectivity index (χ4v) is 5.47. The van der Waals surface area contributed by atoms with Gasteiger partial charge in [0.25, 0.3) is 5.91 Å². The van der Waals surface area contributed by atoms with Crippen molar-refractivity contribution in [2.24, 2.45) is 5.73 Å². The molecular weight excluding hydrogens is 524 g/mol. The second-order valence-corrected chi connectivity index (χ2v) is 11.9. The molecule has 1 saturated heterocycles. The maximum Gasteiger partial charge on any atom is 0.410 e. The molecule has 4 rings (SSSR count). The zero-order valence-corrected chi connectivity index (χ0v) is 24.8. The first kappa shape index (κ1) is 30.4. The average molecular weight is 569 g/mol. The van der Waals surface area contributed by atoms with Gasteiger partial charge >= 0.3 is 6.09 Å². The topological polar surface area (TPSA) is 152 Å². The van der Waals surface area contributed by atoms with Crippen LogP contribution in [0.15, 0.2) is 18.2 Å². The molecule has 1 aliphatic heterocycles. The molecule has 0 bridgehead atoms. The number of aliphatic hydroxyl groups excluding tert-OH is 1. The summed E-state index contributed by atoms with van der Waals surface area (Å²) in [5.74, 6) is 1.16. The molecular formula is C30H44N6O5. The molecule has 2 aliphatic rings. The summed E-state index contributed by atoms with van der Waals surface area (Å²) in [6.45, 7) is 8.79. The van der Waals surface area contributed by atoms with Crippen LogP contribution in [0.3, 0.4) is 0 Å². The number of nitrogens with one attached hydrogen (secondary N) is 2. The van der Waals surface area contributed by atoms with Crippen molar-refractivity contribution in [1.82, 2.24) is 14.9 Å². The quantitative estimate of drug-likeness (QED) is 0.354. The van der Waals surface area contributed by atoms with Gasteiger partial charge < -0.3 is 35.8 Å². The van der Waals surface area contributed by atoms with Crippen LogP contribution in [0.4, 0.5) is 22.1 Å². The summed E-state index contributed by atoms with van der Waals surface area (Å²) in [4.78, 5) is 35.9. The highest BCUT2D eigenvalue weighted by Gasteiger charge is 2.29. The van der Waals surface area contributed by atoms with Gasteiger partial charge in [-0.3, -0.25) is 4.79 Å². The number of benzene rings is 1. The lowest BCUT2D eigenvalue weighted by atomic mass is 9.88. The Balaban J connectivity index is 1.51. The number of likely N-dealkylation sites (tertiary alicyclic amines) is 1. The van der Waals surface area contributed by atoms with Crippen LogP contribution >= 0.6 is 0 Å². The number of hydrogen-bond donors (Lipinski definition) is 4. The highest BCUT2D eigenvalue weighted by molar-refractivity contribution is 5.96. The highest BCUT2D eigenvalue weighted by atomic mass is 16.6. The van der Waals surface area contributed by atoms with E-state index in [0.717, 1.165) is 44.1 Å². The van der Waals surface area contributed by atoms with Crippen LogP contribution in [0, 0.1) is 0 Å². The maximum absolute atomic E-state index is 12.5. The molecule has 1 aliphatic carbocycles. The number of primary amides is 1. The first-order chi connectivity index (χ1) is 19.5. The van der Waals surface area contributed by atoms with Gasteiger partial charge in [0.05, 0.1) is 18.9 Å². The number of carbonyl (C=O) groups is 2. The van der Waals surface area contributed by atoms with Crippen molar-refractivity contribution >= 4 is 29.3 Å².